The monoisotopic (exact) mass is 218 g/mol. The molecule has 6 heteroatoms. The molecule has 6 nitrogen and oxygen atoms in total. The summed E-state index contributed by atoms with van der Waals surface area (Å²) in [4.78, 5) is 23.5. The van der Waals surface area contributed by atoms with Crippen molar-refractivity contribution in [2.75, 3.05) is 33.9 Å². The van der Waals surface area contributed by atoms with E-state index in [0.717, 1.165) is 0 Å². The first-order valence-corrected chi connectivity index (χ1v) is 4.72. The van der Waals surface area contributed by atoms with Crippen LogP contribution in [-0.2, 0) is 14.3 Å². The number of hydrogen-bond donors (Lipinski definition) is 2. The van der Waals surface area contributed by atoms with Gasteiger partial charge in [0.05, 0.1) is 13.2 Å². The van der Waals surface area contributed by atoms with Crippen molar-refractivity contribution in [1.29, 1.82) is 0 Å². The molecule has 15 heavy (non-hydrogen) atoms. The molecule has 1 atom stereocenters. The summed E-state index contributed by atoms with van der Waals surface area (Å²) in [7, 11) is 3.08. The van der Waals surface area contributed by atoms with Crippen LogP contribution in [0.2, 0.25) is 0 Å². The van der Waals surface area contributed by atoms with Gasteiger partial charge in [-0.2, -0.15) is 0 Å². The lowest BCUT2D eigenvalue weighted by Gasteiger charge is -2.17. The third kappa shape index (κ3) is 5.34. The number of hydrogen-bond acceptors (Lipinski definition) is 4. The lowest BCUT2D eigenvalue weighted by molar-refractivity contribution is -0.141. The van der Waals surface area contributed by atoms with E-state index in [9.17, 15) is 9.59 Å². The van der Waals surface area contributed by atoms with E-state index in [1.54, 1.807) is 7.05 Å². The van der Waals surface area contributed by atoms with Crippen LogP contribution in [0.3, 0.4) is 0 Å². The Kier molecular flexibility index (Phi) is 6.64. The van der Waals surface area contributed by atoms with Gasteiger partial charge in [0.15, 0.2) is 0 Å². The number of nitrogens with zero attached hydrogens (tertiary/aromatic N) is 1. The summed E-state index contributed by atoms with van der Waals surface area (Å²) >= 11 is 0. The Morgan fingerprint density at radius 3 is 2.53 bits per heavy atom. The lowest BCUT2D eigenvalue weighted by Crippen LogP contribution is -2.45. The van der Waals surface area contributed by atoms with Crippen molar-refractivity contribution in [2.24, 2.45) is 0 Å². The topological polar surface area (TPSA) is 78.9 Å². The summed E-state index contributed by atoms with van der Waals surface area (Å²) in [5, 5.41) is 11.4. The fourth-order valence-electron chi connectivity index (χ4n) is 0.906. The fourth-order valence-corrected chi connectivity index (χ4v) is 0.906. The Balaban J connectivity index is 3.99. The van der Waals surface area contributed by atoms with E-state index in [1.807, 2.05) is 6.92 Å². The van der Waals surface area contributed by atoms with Gasteiger partial charge in [0.25, 0.3) is 0 Å². The summed E-state index contributed by atoms with van der Waals surface area (Å²) in [6.07, 6.45) is 0. The largest absolute Gasteiger partial charge is 0.480 e. The number of rotatable bonds is 7. The van der Waals surface area contributed by atoms with Gasteiger partial charge in [-0.05, 0) is 6.92 Å². The standard InChI is InChI=1S/C9H18N2O4/c1-4-11(2)8(12)5-10-7(6-15-3)9(13)14/h7,10H,4-6H2,1-3H3,(H,13,14). The van der Waals surface area contributed by atoms with Crippen LogP contribution in [0.1, 0.15) is 6.92 Å². The molecule has 0 aromatic rings. The van der Waals surface area contributed by atoms with Crippen LogP contribution in [0.25, 0.3) is 0 Å². The Bertz CT molecular complexity index is 220. The molecule has 0 aromatic heterocycles. The van der Waals surface area contributed by atoms with Crippen LogP contribution in [0.5, 0.6) is 0 Å². The Morgan fingerprint density at radius 2 is 2.13 bits per heavy atom. The molecule has 0 saturated heterocycles. The van der Waals surface area contributed by atoms with Crippen molar-refractivity contribution in [3.05, 3.63) is 0 Å². The number of carboxylic acids is 1. The van der Waals surface area contributed by atoms with E-state index in [2.05, 4.69) is 5.32 Å². The highest BCUT2D eigenvalue weighted by atomic mass is 16.5. The summed E-state index contributed by atoms with van der Waals surface area (Å²) in [5.74, 6) is -1.16. The number of aliphatic carboxylic acids is 1. The third-order valence-electron chi connectivity index (χ3n) is 2.03. The van der Waals surface area contributed by atoms with E-state index >= 15 is 0 Å². The van der Waals surface area contributed by atoms with E-state index in [4.69, 9.17) is 9.84 Å². The molecule has 2 N–H and O–H groups in total. The predicted molar refractivity (Wildman–Crippen MR) is 54.6 cm³/mol. The molecular weight excluding hydrogens is 200 g/mol. The molecule has 0 aliphatic rings. The summed E-state index contributed by atoms with van der Waals surface area (Å²) < 4.78 is 4.72. The number of ether oxygens (including phenoxy) is 1. The minimum Gasteiger partial charge on any atom is -0.480 e. The zero-order valence-electron chi connectivity index (χ0n) is 9.32. The highest BCUT2D eigenvalue weighted by Gasteiger charge is 2.18. The van der Waals surface area contributed by atoms with Gasteiger partial charge in [0, 0.05) is 20.7 Å². The molecule has 0 spiro atoms. The van der Waals surface area contributed by atoms with Crippen LogP contribution in [0.4, 0.5) is 0 Å². The minimum absolute atomic E-state index is 0.00463. The summed E-state index contributed by atoms with van der Waals surface area (Å²) in [6.45, 7) is 2.49. The highest BCUT2D eigenvalue weighted by Crippen LogP contribution is 1.87. The first-order valence-electron chi connectivity index (χ1n) is 4.72. The average Bonchev–Trinajstić information content (AvgIpc) is 2.21. The SMILES string of the molecule is CCN(C)C(=O)CNC(COC)C(=O)O. The van der Waals surface area contributed by atoms with Gasteiger partial charge < -0.3 is 14.7 Å². The molecule has 0 heterocycles. The highest BCUT2D eigenvalue weighted by molar-refractivity contribution is 5.79. The quantitative estimate of drug-likeness (QED) is 0.582. The molecule has 0 aliphatic carbocycles. The van der Waals surface area contributed by atoms with Crippen molar-refractivity contribution >= 4 is 11.9 Å². The smallest absolute Gasteiger partial charge is 0.323 e. The number of carbonyl (C=O) groups is 2. The molecule has 1 unspecified atom stereocenters. The molecule has 0 radical (unpaired) electrons. The molecule has 0 rings (SSSR count). The van der Waals surface area contributed by atoms with Gasteiger partial charge >= 0.3 is 5.97 Å². The Hall–Kier alpha value is -1.14. The van der Waals surface area contributed by atoms with E-state index < -0.39 is 12.0 Å². The molecule has 0 saturated carbocycles. The maximum Gasteiger partial charge on any atom is 0.323 e. The molecule has 88 valence electrons. The second-order valence-electron chi connectivity index (χ2n) is 3.13. The van der Waals surface area contributed by atoms with Crippen LogP contribution in [-0.4, -0.2) is 61.8 Å². The molecule has 1 amide bonds. The minimum atomic E-state index is -1.02. The molecular formula is C9H18N2O4. The number of carbonyl (C=O) groups excluding carboxylic acids is 1. The zero-order valence-corrected chi connectivity index (χ0v) is 9.32. The van der Waals surface area contributed by atoms with Gasteiger partial charge in [0.2, 0.25) is 5.91 Å². The maximum atomic E-state index is 11.3. The Morgan fingerprint density at radius 1 is 1.53 bits per heavy atom. The van der Waals surface area contributed by atoms with Crippen LogP contribution < -0.4 is 5.32 Å². The maximum absolute atomic E-state index is 11.3. The summed E-state index contributed by atoms with van der Waals surface area (Å²) in [6, 6.07) is -0.843. The average molecular weight is 218 g/mol. The number of carboxylic acid groups (broad SMARTS) is 1. The van der Waals surface area contributed by atoms with Crippen LogP contribution in [0.15, 0.2) is 0 Å². The number of amides is 1. The van der Waals surface area contributed by atoms with Crippen molar-refractivity contribution in [3.63, 3.8) is 0 Å². The molecule has 0 bridgehead atoms. The molecule has 0 aromatic carbocycles. The fraction of sp³-hybridized carbons (Fsp3) is 0.778. The zero-order chi connectivity index (χ0) is 11.8. The third-order valence-corrected chi connectivity index (χ3v) is 2.03. The van der Waals surface area contributed by atoms with Crippen LogP contribution >= 0.6 is 0 Å². The van der Waals surface area contributed by atoms with Gasteiger partial charge in [-0.3, -0.25) is 14.9 Å². The summed E-state index contributed by atoms with van der Waals surface area (Å²) in [5.41, 5.74) is 0. The number of methoxy groups -OCH3 is 1. The van der Waals surface area contributed by atoms with E-state index in [-0.39, 0.29) is 19.1 Å². The number of likely N-dealkylation sites (N-methyl/N-ethyl adjacent to an activating group) is 1. The van der Waals surface area contributed by atoms with Crippen LogP contribution in [0, 0.1) is 0 Å². The van der Waals surface area contributed by atoms with Crippen molar-refractivity contribution in [2.45, 2.75) is 13.0 Å². The second kappa shape index (κ2) is 7.19. The van der Waals surface area contributed by atoms with Crippen molar-refractivity contribution < 1.29 is 19.4 Å². The van der Waals surface area contributed by atoms with Gasteiger partial charge in [-0.25, -0.2) is 0 Å². The normalized spacial score (nSPS) is 12.2. The molecule has 0 aliphatic heterocycles. The first kappa shape index (κ1) is 13.9. The second-order valence-corrected chi connectivity index (χ2v) is 3.13. The van der Waals surface area contributed by atoms with Gasteiger partial charge in [0.1, 0.15) is 6.04 Å². The van der Waals surface area contributed by atoms with E-state index in [1.165, 1.54) is 12.0 Å². The molecule has 0 fully saturated rings. The van der Waals surface area contributed by atoms with Crippen molar-refractivity contribution in [3.8, 4) is 0 Å². The Labute approximate surface area is 89.2 Å². The van der Waals surface area contributed by atoms with Gasteiger partial charge in [-0.15, -0.1) is 0 Å². The first-order chi connectivity index (χ1) is 7.02. The predicted octanol–water partition coefficient (Wildman–Crippen LogP) is -0.846. The number of nitrogens with one attached hydrogen (secondary N) is 1. The van der Waals surface area contributed by atoms with Gasteiger partial charge in [-0.1, -0.05) is 0 Å². The van der Waals surface area contributed by atoms with E-state index in [0.29, 0.717) is 6.54 Å². The van der Waals surface area contributed by atoms with Crippen molar-refractivity contribution in [1.82, 2.24) is 10.2 Å². The lowest BCUT2D eigenvalue weighted by atomic mass is 10.3.